The number of methoxy groups -OCH3 is 2. The Morgan fingerprint density at radius 2 is 1.82 bits per heavy atom. The first-order chi connectivity index (χ1) is 16.4. The van der Waals surface area contributed by atoms with Crippen LogP contribution < -0.4 is 19.9 Å². The van der Waals surface area contributed by atoms with Crippen molar-refractivity contribution in [1.82, 2.24) is 9.88 Å². The maximum absolute atomic E-state index is 13.4. The molecule has 1 heterocycles. The molecule has 0 aliphatic heterocycles. The molecule has 0 saturated carbocycles. The molecule has 8 heteroatoms. The van der Waals surface area contributed by atoms with Gasteiger partial charge in [0.05, 0.1) is 20.3 Å². The van der Waals surface area contributed by atoms with Crippen molar-refractivity contribution >= 4 is 5.91 Å². The van der Waals surface area contributed by atoms with Gasteiger partial charge in [0.1, 0.15) is 12.4 Å². The van der Waals surface area contributed by atoms with Gasteiger partial charge in [0.25, 0.3) is 0 Å². The summed E-state index contributed by atoms with van der Waals surface area (Å²) in [5, 5.41) is 0. The van der Waals surface area contributed by atoms with Crippen LogP contribution in [0.1, 0.15) is 23.6 Å². The van der Waals surface area contributed by atoms with Gasteiger partial charge in [-0.2, -0.15) is 0 Å². The Hall–Kier alpha value is -3.65. The minimum atomic E-state index is -0.446. The molecule has 1 amide bonds. The third kappa shape index (κ3) is 6.92. The van der Waals surface area contributed by atoms with Gasteiger partial charge in [-0.25, -0.2) is 9.37 Å². The number of ether oxygens (including phenoxy) is 3. The summed E-state index contributed by atoms with van der Waals surface area (Å²) in [6.45, 7) is 3.15. The van der Waals surface area contributed by atoms with Gasteiger partial charge in [0, 0.05) is 25.4 Å². The van der Waals surface area contributed by atoms with Crippen molar-refractivity contribution in [2.24, 2.45) is 5.73 Å². The number of pyridine rings is 1. The van der Waals surface area contributed by atoms with Gasteiger partial charge in [-0.1, -0.05) is 24.3 Å². The second-order valence-electron chi connectivity index (χ2n) is 7.91. The normalized spacial score (nSPS) is 11.8. The Balaban J connectivity index is 1.66. The number of rotatable bonds is 12. The van der Waals surface area contributed by atoms with Crippen molar-refractivity contribution in [2.75, 3.05) is 20.8 Å². The van der Waals surface area contributed by atoms with Gasteiger partial charge in [-0.3, -0.25) is 9.69 Å². The van der Waals surface area contributed by atoms with Crippen LogP contribution >= 0.6 is 0 Å². The van der Waals surface area contributed by atoms with E-state index in [4.69, 9.17) is 19.9 Å². The highest BCUT2D eigenvalue weighted by atomic mass is 19.1. The first-order valence-electron chi connectivity index (χ1n) is 11.0. The Kier molecular flexibility index (Phi) is 8.81. The summed E-state index contributed by atoms with van der Waals surface area (Å²) in [7, 11) is 3.14. The summed E-state index contributed by atoms with van der Waals surface area (Å²) >= 11 is 0. The lowest BCUT2D eigenvalue weighted by molar-refractivity contribution is -0.122. The first-order valence-corrected chi connectivity index (χ1v) is 11.0. The lowest BCUT2D eigenvalue weighted by Crippen LogP contribution is -2.43. The highest BCUT2D eigenvalue weighted by Gasteiger charge is 2.19. The SMILES string of the molecule is COc1ccc(CN(CCc2ccc(OCc3cccc(F)c3)c(OC)c2)C(C)C(N)=O)cn1. The second kappa shape index (κ2) is 12.0. The van der Waals surface area contributed by atoms with Gasteiger partial charge < -0.3 is 19.9 Å². The van der Waals surface area contributed by atoms with E-state index in [-0.39, 0.29) is 18.3 Å². The number of primary amides is 1. The third-order valence-corrected chi connectivity index (χ3v) is 5.55. The molecule has 34 heavy (non-hydrogen) atoms. The predicted octanol–water partition coefficient (Wildman–Crippen LogP) is 3.74. The monoisotopic (exact) mass is 467 g/mol. The summed E-state index contributed by atoms with van der Waals surface area (Å²) < 4.78 is 29.8. The predicted molar refractivity (Wildman–Crippen MR) is 127 cm³/mol. The average molecular weight is 468 g/mol. The van der Waals surface area contributed by atoms with E-state index in [0.717, 1.165) is 16.7 Å². The Bertz CT molecular complexity index is 1090. The fraction of sp³-hybridized carbons (Fsp3) is 0.308. The van der Waals surface area contributed by atoms with Crippen molar-refractivity contribution in [3.05, 3.63) is 83.3 Å². The highest BCUT2D eigenvalue weighted by molar-refractivity contribution is 5.79. The molecule has 3 rings (SSSR count). The zero-order valence-electron chi connectivity index (χ0n) is 19.7. The Morgan fingerprint density at radius 1 is 1.03 bits per heavy atom. The van der Waals surface area contributed by atoms with Gasteiger partial charge in [0.15, 0.2) is 11.5 Å². The van der Waals surface area contributed by atoms with Crippen LogP contribution in [0, 0.1) is 5.82 Å². The zero-order valence-corrected chi connectivity index (χ0v) is 19.7. The van der Waals surface area contributed by atoms with E-state index in [0.29, 0.717) is 36.9 Å². The summed E-state index contributed by atoms with van der Waals surface area (Å²) in [6, 6.07) is 15.2. The van der Waals surface area contributed by atoms with Crippen molar-refractivity contribution in [2.45, 2.75) is 32.5 Å². The minimum absolute atomic E-state index is 0.229. The summed E-state index contributed by atoms with van der Waals surface area (Å²) in [5.41, 5.74) is 8.29. The molecule has 0 aliphatic rings. The molecule has 0 aliphatic carbocycles. The van der Waals surface area contributed by atoms with E-state index in [1.807, 2.05) is 29.2 Å². The summed E-state index contributed by atoms with van der Waals surface area (Å²) in [4.78, 5) is 18.1. The number of hydrogen-bond acceptors (Lipinski definition) is 6. The molecule has 0 saturated heterocycles. The van der Waals surface area contributed by atoms with Gasteiger partial charge in [-0.15, -0.1) is 0 Å². The van der Waals surface area contributed by atoms with Crippen LogP contribution in [-0.2, 0) is 24.4 Å². The molecule has 0 radical (unpaired) electrons. The van der Waals surface area contributed by atoms with E-state index >= 15 is 0 Å². The van der Waals surface area contributed by atoms with Crippen LogP contribution in [-0.4, -0.2) is 42.6 Å². The number of aromatic nitrogens is 1. The number of amides is 1. The topological polar surface area (TPSA) is 86.9 Å². The number of carbonyl (C=O) groups is 1. The Labute approximate surface area is 199 Å². The fourth-order valence-electron chi connectivity index (χ4n) is 3.50. The van der Waals surface area contributed by atoms with E-state index < -0.39 is 6.04 Å². The molecular formula is C26H30FN3O4. The molecule has 0 spiro atoms. The van der Waals surface area contributed by atoms with Crippen molar-refractivity contribution < 1.29 is 23.4 Å². The maximum atomic E-state index is 13.4. The largest absolute Gasteiger partial charge is 0.493 e. The molecule has 7 nitrogen and oxygen atoms in total. The van der Waals surface area contributed by atoms with E-state index in [2.05, 4.69) is 4.98 Å². The van der Waals surface area contributed by atoms with Gasteiger partial charge in [0.2, 0.25) is 11.8 Å². The van der Waals surface area contributed by atoms with Gasteiger partial charge >= 0.3 is 0 Å². The smallest absolute Gasteiger partial charge is 0.234 e. The molecule has 0 fully saturated rings. The van der Waals surface area contributed by atoms with Crippen LogP contribution in [0.25, 0.3) is 0 Å². The molecule has 0 bridgehead atoms. The van der Waals surface area contributed by atoms with Crippen molar-refractivity contribution in [3.8, 4) is 17.4 Å². The molecule has 180 valence electrons. The fourth-order valence-corrected chi connectivity index (χ4v) is 3.50. The molecule has 1 aromatic heterocycles. The van der Waals surface area contributed by atoms with E-state index in [1.165, 1.54) is 12.1 Å². The number of halogens is 1. The lowest BCUT2D eigenvalue weighted by Gasteiger charge is -2.27. The number of nitrogens with zero attached hydrogens (tertiary/aromatic N) is 2. The average Bonchev–Trinajstić information content (AvgIpc) is 2.85. The molecule has 3 aromatic rings. The van der Waals surface area contributed by atoms with Crippen LogP contribution in [0.15, 0.2) is 60.8 Å². The molecule has 2 aromatic carbocycles. The van der Waals surface area contributed by atoms with Crippen LogP contribution in [0.4, 0.5) is 4.39 Å². The maximum Gasteiger partial charge on any atom is 0.234 e. The minimum Gasteiger partial charge on any atom is -0.493 e. The van der Waals surface area contributed by atoms with Crippen molar-refractivity contribution in [3.63, 3.8) is 0 Å². The molecular weight excluding hydrogens is 437 g/mol. The Morgan fingerprint density at radius 3 is 2.47 bits per heavy atom. The lowest BCUT2D eigenvalue weighted by atomic mass is 10.1. The molecule has 1 atom stereocenters. The van der Waals surface area contributed by atoms with Gasteiger partial charge in [-0.05, 0) is 54.3 Å². The van der Waals surface area contributed by atoms with Crippen LogP contribution in [0.3, 0.4) is 0 Å². The number of hydrogen-bond donors (Lipinski definition) is 1. The highest BCUT2D eigenvalue weighted by Crippen LogP contribution is 2.29. The molecule has 1 unspecified atom stereocenters. The van der Waals surface area contributed by atoms with E-state index in [9.17, 15) is 9.18 Å². The van der Waals surface area contributed by atoms with Crippen LogP contribution in [0.2, 0.25) is 0 Å². The second-order valence-corrected chi connectivity index (χ2v) is 7.91. The van der Waals surface area contributed by atoms with E-state index in [1.54, 1.807) is 45.5 Å². The summed E-state index contributed by atoms with van der Waals surface area (Å²) in [6.07, 6.45) is 2.40. The van der Waals surface area contributed by atoms with Crippen LogP contribution in [0.5, 0.6) is 17.4 Å². The zero-order chi connectivity index (χ0) is 24.5. The standard InChI is InChI=1S/C26H30FN3O4/c1-18(26(28)31)30(16-21-8-10-25(33-3)29-15-21)12-11-19-7-9-23(24(14-19)32-2)34-17-20-5-4-6-22(27)13-20/h4-10,13-15,18H,11-12,16-17H2,1-3H3,(H2,28,31). The number of nitrogens with two attached hydrogens (primary N) is 1. The number of carbonyl (C=O) groups excluding carboxylic acids is 1. The third-order valence-electron chi connectivity index (χ3n) is 5.55. The summed E-state index contributed by atoms with van der Waals surface area (Å²) in [5.74, 6) is 0.999. The molecule has 2 N–H and O–H groups in total. The quantitative estimate of drug-likeness (QED) is 0.437. The van der Waals surface area contributed by atoms with Crippen molar-refractivity contribution in [1.29, 1.82) is 0 Å². The number of benzene rings is 2. The first kappa shape index (κ1) is 25.0.